The van der Waals surface area contributed by atoms with Gasteiger partial charge in [-0.2, -0.15) is 0 Å². The largest absolute Gasteiger partial charge is 0.465 e. The predicted molar refractivity (Wildman–Crippen MR) is 62.8 cm³/mol. The molecule has 0 aromatic heterocycles. The lowest BCUT2D eigenvalue weighted by Crippen LogP contribution is -2.01. The molecule has 0 saturated heterocycles. The molecule has 0 amide bonds. The molecule has 0 spiro atoms. The highest BCUT2D eigenvalue weighted by atomic mass is 16.5. The molecule has 0 atom stereocenters. The molecule has 0 heterocycles. The Kier molecular flexibility index (Phi) is 7.06. The molecule has 0 fully saturated rings. The van der Waals surface area contributed by atoms with Crippen molar-refractivity contribution in [2.24, 2.45) is 0 Å². The van der Waals surface area contributed by atoms with Crippen molar-refractivity contribution >= 4 is 11.7 Å². The molecule has 0 unspecified atom stereocenters. The number of hydrogen-bond acceptors (Lipinski definition) is 3. The zero-order chi connectivity index (χ0) is 11.7. The molecule has 0 aliphatic rings. The Morgan fingerprint density at radius 1 is 1.33 bits per heavy atom. The number of benzene rings is 1. The highest BCUT2D eigenvalue weighted by Crippen LogP contribution is 2.06. The number of carbonyl (C=O) groups is 1. The number of hydrogen-bond donors (Lipinski definition) is 1. The number of ether oxygens (including phenoxy) is 1. The maximum atomic E-state index is 10.9. The molecular weight excluding hydrogens is 190 g/mol. The Bertz CT molecular complexity index is 295. The molecule has 2 N–H and O–H groups in total. The lowest BCUT2D eigenvalue weighted by molar-refractivity contribution is 0.0601. The van der Waals surface area contributed by atoms with E-state index in [4.69, 9.17) is 5.73 Å². The van der Waals surface area contributed by atoms with Crippen LogP contribution in [0.5, 0.6) is 0 Å². The first-order valence-corrected chi connectivity index (χ1v) is 5.09. The first-order valence-electron chi connectivity index (χ1n) is 5.09. The van der Waals surface area contributed by atoms with Gasteiger partial charge in [0.15, 0.2) is 0 Å². The maximum Gasteiger partial charge on any atom is 0.337 e. The molecule has 0 aliphatic carbocycles. The van der Waals surface area contributed by atoms with Crippen LogP contribution in [0.3, 0.4) is 0 Å². The lowest BCUT2D eigenvalue weighted by atomic mass is 10.2. The van der Waals surface area contributed by atoms with Gasteiger partial charge in [0, 0.05) is 5.69 Å². The van der Waals surface area contributed by atoms with E-state index in [0.717, 1.165) is 0 Å². The van der Waals surface area contributed by atoms with E-state index in [1.165, 1.54) is 20.0 Å². The highest BCUT2D eigenvalue weighted by Gasteiger charge is 2.02. The van der Waals surface area contributed by atoms with Gasteiger partial charge in [-0.1, -0.05) is 32.8 Å². The summed E-state index contributed by atoms with van der Waals surface area (Å²) in [5, 5.41) is 0. The second-order valence-electron chi connectivity index (χ2n) is 3.12. The number of anilines is 1. The van der Waals surface area contributed by atoms with Crippen molar-refractivity contribution < 1.29 is 9.53 Å². The lowest BCUT2D eigenvalue weighted by Gasteiger charge is -1.98. The average Bonchev–Trinajstić information content (AvgIpc) is 2.28. The summed E-state index contributed by atoms with van der Waals surface area (Å²) in [6, 6.07) is 6.65. The van der Waals surface area contributed by atoms with Crippen molar-refractivity contribution in [1.82, 2.24) is 0 Å². The van der Waals surface area contributed by atoms with E-state index in [9.17, 15) is 4.79 Å². The molecule has 0 aliphatic heterocycles. The third-order valence-electron chi connectivity index (χ3n) is 1.81. The number of nitrogen functional groups attached to an aromatic ring is 1. The van der Waals surface area contributed by atoms with Crippen molar-refractivity contribution in [2.75, 3.05) is 12.8 Å². The Morgan fingerprint density at radius 3 is 2.33 bits per heavy atom. The van der Waals surface area contributed by atoms with E-state index in [2.05, 4.69) is 18.6 Å². The van der Waals surface area contributed by atoms with Crippen LogP contribution < -0.4 is 5.73 Å². The minimum Gasteiger partial charge on any atom is -0.465 e. The van der Waals surface area contributed by atoms with E-state index in [1.807, 2.05) is 0 Å². The maximum absolute atomic E-state index is 10.9. The first-order chi connectivity index (χ1) is 7.15. The zero-order valence-corrected chi connectivity index (χ0v) is 9.62. The van der Waals surface area contributed by atoms with Crippen LogP contribution in [0, 0.1) is 0 Å². The number of esters is 1. The Labute approximate surface area is 91.2 Å². The monoisotopic (exact) mass is 209 g/mol. The van der Waals surface area contributed by atoms with Gasteiger partial charge in [-0.25, -0.2) is 4.79 Å². The zero-order valence-electron chi connectivity index (χ0n) is 9.62. The van der Waals surface area contributed by atoms with Gasteiger partial charge < -0.3 is 10.5 Å². The summed E-state index contributed by atoms with van der Waals surface area (Å²) in [5.74, 6) is -0.364. The van der Waals surface area contributed by atoms with Gasteiger partial charge in [-0.3, -0.25) is 0 Å². The molecule has 3 nitrogen and oxygen atoms in total. The quantitative estimate of drug-likeness (QED) is 0.602. The predicted octanol–water partition coefficient (Wildman–Crippen LogP) is 2.86. The van der Waals surface area contributed by atoms with Crippen LogP contribution in [0.4, 0.5) is 5.69 Å². The number of carbonyl (C=O) groups excluding carboxylic acids is 1. The van der Waals surface area contributed by atoms with Crippen LogP contribution in [-0.4, -0.2) is 13.1 Å². The van der Waals surface area contributed by atoms with Crippen LogP contribution in [0.2, 0.25) is 0 Å². The molecule has 0 bridgehead atoms. The van der Waals surface area contributed by atoms with Crippen molar-refractivity contribution in [2.45, 2.75) is 26.7 Å². The number of unbranched alkanes of at least 4 members (excludes halogenated alkanes) is 1. The standard InChI is InChI=1S/C8H9NO2.C4H10/c1-11-8(10)6-3-2-4-7(9)5-6;1-3-4-2/h2-5H,9H2,1H3;3-4H2,1-2H3. The normalized spacial score (nSPS) is 8.73. The van der Waals surface area contributed by atoms with E-state index in [0.29, 0.717) is 11.3 Å². The highest BCUT2D eigenvalue weighted by molar-refractivity contribution is 5.90. The summed E-state index contributed by atoms with van der Waals surface area (Å²) in [6.45, 7) is 4.36. The third-order valence-corrected chi connectivity index (χ3v) is 1.81. The van der Waals surface area contributed by atoms with Gasteiger partial charge in [-0.15, -0.1) is 0 Å². The van der Waals surface area contributed by atoms with Gasteiger partial charge in [0.1, 0.15) is 0 Å². The molecule has 0 radical (unpaired) electrons. The fourth-order valence-electron chi connectivity index (χ4n) is 0.783. The summed E-state index contributed by atoms with van der Waals surface area (Å²) >= 11 is 0. The molecule has 1 rings (SSSR count). The van der Waals surface area contributed by atoms with Crippen LogP contribution in [0.25, 0.3) is 0 Å². The summed E-state index contributed by atoms with van der Waals surface area (Å²) in [5.41, 5.74) is 6.49. The van der Waals surface area contributed by atoms with E-state index >= 15 is 0 Å². The van der Waals surface area contributed by atoms with E-state index in [-0.39, 0.29) is 5.97 Å². The summed E-state index contributed by atoms with van der Waals surface area (Å²) < 4.78 is 4.50. The van der Waals surface area contributed by atoms with E-state index < -0.39 is 0 Å². The molecule has 84 valence electrons. The van der Waals surface area contributed by atoms with Crippen molar-refractivity contribution in [3.05, 3.63) is 29.8 Å². The summed E-state index contributed by atoms with van der Waals surface area (Å²) in [4.78, 5) is 10.9. The number of nitrogens with two attached hydrogens (primary N) is 1. The van der Waals surface area contributed by atoms with Crippen molar-refractivity contribution in [1.29, 1.82) is 0 Å². The van der Waals surface area contributed by atoms with Gasteiger partial charge in [0.05, 0.1) is 12.7 Å². The average molecular weight is 209 g/mol. The van der Waals surface area contributed by atoms with Crippen LogP contribution in [-0.2, 0) is 4.74 Å². The Balaban J connectivity index is 0.000000423. The summed E-state index contributed by atoms with van der Waals surface area (Å²) in [7, 11) is 1.34. The molecule has 0 saturated carbocycles. The Morgan fingerprint density at radius 2 is 1.93 bits per heavy atom. The molecule has 3 heteroatoms. The fourth-order valence-corrected chi connectivity index (χ4v) is 0.783. The van der Waals surface area contributed by atoms with Crippen LogP contribution in [0.15, 0.2) is 24.3 Å². The smallest absolute Gasteiger partial charge is 0.337 e. The molecule has 1 aromatic rings. The SMILES string of the molecule is CCCC.COC(=O)c1cccc(N)c1. The van der Waals surface area contributed by atoms with Gasteiger partial charge in [0.25, 0.3) is 0 Å². The molecule has 1 aromatic carbocycles. The first kappa shape index (κ1) is 13.5. The fraction of sp³-hybridized carbons (Fsp3) is 0.417. The molecule has 15 heavy (non-hydrogen) atoms. The minimum absolute atomic E-state index is 0.364. The van der Waals surface area contributed by atoms with Gasteiger partial charge >= 0.3 is 5.97 Å². The molecular formula is C12H19NO2. The second kappa shape index (κ2) is 7.85. The summed E-state index contributed by atoms with van der Waals surface area (Å²) in [6.07, 6.45) is 2.64. The second-order valence-corrected chi connectivity index (χ2v) is 3.12. The van der Waals surface area contributed by atoms with Crippen molar-refractivity contribution in [3.63, 3.8) is 0 Å². The third kappa shape index (κ3) is 5.73. The van der Waals surface area contributed by atoms with E-state index in [1.54, 1.807) is 24.3 Å². The van der Waals surface area contributed by atoms with Gasteiger partial charge in [0.2, 0.25) is 0 Å². The topological polar surface area (TPSA) is 52.3 Å². The van der Waals surface area contributed by atoms with Gasteiger partial charge in [-0.05, 0) is 18.2 Å². The Hall–Kier alpha value is -1.51. The van der Waals surface area contributed by atoms with Crippen LogP contribution in [0.1, 0.15) is 37.0 Å². The van der Waals surface area contributed by atoms with Crippen molar-refractivity contribution in [3.8, 4) is 0 Å². The number of methoxy groups -OCH3 is 1. The number of rotatable bonds is 2. The minimum atomic E-state index is -0.364. The van der Waals surface area contributed by atoms with Crippen LogP contribution >= 0.6 is 0 Å².